The molecule has 0 bridgehead atoms. The van der Waals surface area contributed by atoms with Gasteiger partial charge in [0.2, 0.25) is 11.8 Å². The average Bonchev–Trinajstić information content (AvgIpc) is 2.60. The van der Waals surface area contributed by atoms with Gasteiger partial charge in [-0.15, -0.1) is 0 Å². The first-order valence-electron chi connectivity index (χ1n) is 5.25. The molecule has 0 spiro atoms. The first-order valence-corrected chi connectivity index (χ1v) is 5.25. The van der Waals surface area contributed by atoms with Gasteiger partial charge in [0.1, 0.15) is 0 Å². The van der Waals surface area contributed by atoms with Gasteiger partial charge in [-0.2, -0.15) is 0 Å². The molecule has 0 aromatic carbocycles. The van der Waals surface area contributed by atoms with E-state index >= 15 is 0 Å². The lowest BCUT2D eigenvalue weighted by Crippen LogP contribution is -2.35. The molecule has 0 aliphatic carbocycles. The zero-order valence-corrected chi connectivity index (χ0v) is 9.16. The highest BCUT2D eigenvalue weighted by atomic mass is 16.4. The zero-order valence-electron chi connectivity index (χ0n) is 9.16. The van der Waals surface area contributed by atoms with E-state index in [-0.39, 0.29) is 36.5 Å². The van der Waals surface area contributed by atoms with Gasteiger partial charge in [0.25, 0.3) is 0 Å². The molecule has 1 heterocycles. The standard InChI is InChI=1S/C10H16N2O4/c1-6(2-9(14)15)4-12-10(16)7-3-8(13)11-5-7/h6-7H,2-5H2,1H3,(H,11,13)(H,12,16)(H,14,15). The van der Waals surface area contributed by atoms with E-state index in [1.54, 1.807) is 6.92 Å². The highest BCUT2D eigenvalue weighted by molar-refractivity contribution is 5.89. The van der Waals surface area contributed by atoms with Gasteiger partial charge in [-0.3, -0.25) is 14.4 Å². The van der Waals surface area contributed by atoms with Crippen LogP contribution in [0.5, 0.6) is 0 Å². The fourth-order valence-electron chi connectivity index (χ4n) is 1.58. The van der Waals surface area contributed by atoms with Crippen LogP contribution in [0.25, 0.3) is 0 Å². The molecule has 1 aliphatic heterocycles. The van der Waals surface area contributed by atoms with Crippen LogP contribution in [-0.2, 0) is 14.4 Å². The third-order valence-electron chi connectivity index (χ3n) is 2.50. The number of amides is 2. The predicted octanol–water partition coefficient (Wildman–Crippen LogP) is -0.650. The molecule has 0 radical (unpaired) electrons. The molecule has 1 fully saturated rings. The van der Waals surface area contributed by atoms with E-state index in [4.69, 9.17) is 5.11 Å². The first kappa shape index (κ1) is 12.5. The number of carboxylic acid groups (broad SMARTS) is 1. The van der Waals surface area contributed by atoms with Gasteiger partial charge in [-0.05, 0) is 5.92 Å². The normalized spacial score (nSPS) is 21.3. The van der Waals surface area contributed by atoms with E-state index < -0.39 is 5.97 Å². The fraction of sp³-hybridized carbons (Fsp3) is 0.700. The topological polar surface area (TPSA) is 95.5 Å². The van der Waals surface area contributed by atoms with Crippen LogP contribution in [-0.4, -0.2) is 36.0 Å². The molecule has 0 saturated carbocycles. The molecule has 6 nitrogen and oxygen atoms in total. The van der Waals surface area contributed by atoms with E-state index in [1.807, 2.05) is 0 Å². The van der Waals surface area contributed by atoms with Crippen molar-refractivity contribution in [3.05, 3.63) is 0 Å². The number of nitrogens with one attached hydrogen (secondary N) is 2. The van der Waals surface area contributed by atoms with E-state index in [9.17, 15) is 14.4 Å². The molecule has 0 aromatic rings. The summed E-state index contributed by atoms with van der Waals surface area (Å²) in [5.41, 5.74) is 0. The van der Waals surface area contributed by atoms with E-state index in [2.05, 4.69) is 10.6 Å². The second kappa shape index (κ2) is 5.48. The molecule has 16 heavy (non-hydrogen) atoms. The van der Waals surface area contributed by atoms with Crippen LogP contribution < -0.4 is 10.6 Å². The summed E-state index contributed by atoms with van der Waals surface area (Å²) < 4.78 is 0. The monoisotopic (exact) mass is 228 g/mol. The molecular weight excluding hydrogens is 212 g/mol. The van der Waals surface area contributed by atoms with Gasteiger partial charge in [-0.1, -0.05) is 6.92 Å². The van der Waals surface area contributed by atoms with Crippen LogP contribution in [0.1, 0.15) is 19.8 Å². The Morgan fingerprint density at radius 1 is 1.62 bits per heavy atom. The van der Waals surface area contributed by atoms with Crippen LogP contribution >= 0.6 is 0 Å². The van der Waals surface area contributed by atoms with Gasteiger partial charge in [0.05, 0.1) is 5.92 Å². The minimum atomic E-state index is -0.876. The minimum absolute atomic E-state index is 0.0299. The lowest BCUT2D eigenvalue weighted by atomic mass is 10.1. The third-order valence-corrected chi connectivity index (χ3v) is 2.50. The van der Waals surface area contributed by atoms with Crippen molar-refractivity contribution in [2.75, 3.05) is 13.1 Å². The van der Waals surface area contributed by atoms with Crippen LogP contribution in [0, 0.1) is 11.8 Å². The Morgan fingerprint density at radius 2 is 2.31 bits per heavy atom. The highest BCUT2D eigenvalue weighted by Gasteiger charge is 2.27. The summed E-state index contributed by atoms with van der Waals surface area (Å²) >= 11 is 0. The van der Waals surface area contributed by atoms with Crippen molar-refractivity contribution >= 4 is 17.8 Å². The summed E-state index contributed by atoms with van der Waals surface area (Å²) in [5.74, 6) is -1.59. The molecule has 1 aliphatic rings. The molecule has 0 aromatic heterocycles. The SMILES string of the molecule is CC(CNC(=O)C1CNC(=O)C1)CC(=O)O. The first-order chi connectivity index (χ1) is 7.49. The fourth-order valence-corrected chi connectivity index (χ4v) is 1.58. The summed E-state index contributed by atoms with van der Waals surface area (Å²) in [6.45, 7) is 2.46. The second-order valence-electron chi connectivity index (χ2n) is 4.15. The molecule has 3 N–H and O–H groups in total. The van der Waals surface area contributed by atoms with Crippen LogP contribution in [0.2, 0.25) is 0 Å². The van der Waals surface area contributed by atoms with Crippen molar-refractivity contribution in [3.63, 3.8) is 0 Å². The zero-order chi connectivity index (χ0) is 12.1. The Morgan fingerprint density at radius 3 is 2.81 bits per heavy atom. The smallest absolute Gasteiger partial charge is 0.303 e. The van der Waals surface area contributed by atoms with Crippen molar-refractivity contribution < 1.29 is 19.5 Å². The van der Waals surface area contributed by atoms with Crippen LogP contribution in [0.15, 0.2) is 0 Å². The lowest BCUT2D eigenvalue weighted by Gasteiger charge is -2.12. The van der Waals surface area contributed by atoms with Crippen molar-refractivity contribution in [1.82, 2.24) is 10.6 Å². The number of hydrogen-bond acceptors (Lipinski definition) is 3. The van der Waals surface area contributed by atoms with Gasteiger partial charge in [-0.25, -0.2) is 0 Å². The number of hydrogen-bond donors (Lipinski definition) is 3. The molecule has 2 amide bonds. The van der Waals surface area contributed by atoms with Gasteiger partial charge in [0, 0.05) is 25.9 Å². The summed E-state index contributed by atoms with van der Waals surface area (Å²) in [5, 5.41) is 13.8. The number of carbonyl (C=O) groups is 3. The molecule has 1 saturated heterocycles. The lowest BCUT2D eigenvalue weighted by molar-refractivity contribution is -0.138. The van der Waals surface area contributed by atoms with E-state index in [1.165, 1.54) is 0 Å². The van der Waals surface area contributed by atoms with E-state index in [0.717, 1.165) is 0 Å². The Kier molecular flexibility index (Phi) is 4.28. The van der Waals surface area contributed by atoms with Gasteiger partial charge in [0.15, 0.2) is 0 Å². The number of carbonyl (C=O) groups excluding carboxylic acids is 2. The maximum absolute atomic E-state index is 11.5. The summed E-state index contributed by atoms with van der Waals surface area (Å²) in [6.07, 6.45) is 0.251. The van der Waals surface area contributed by atoms with Crippen molar-refractivity contribution in [3.8, 4) is 0 Å². The number of carboxylic acids is 1. The predicted molar refractivity (Wildman–Crippen MR) is 55.5 cm³/mol. The Hall–Kier alpha value is -1.59. The summed E-state index contributed by atoms with van der Waals surface area (Å²) in [4.78, 5) is 32.8. The van der Waals surface area contributed by atoms with Crippen LogP contribution in [0.4, 0.5) is 0 Å². The minimum Gasteiger partial charge on any atom is -0.481 e. The summed E-state index contributed by atoms with van der Waals surface area (Å²) in [7, 11) is 0. The van der Waals surface area contributed by atoms with Crippen LogP contribution in [0.3, 0.4) is 0 Å². The summed E-state index contributed by atoms with van der Waals surface area (Å²) in [6, 6.07) is 0. The van der Waals surface area contributed by atoms with Crippen molar-refractivity contribution in [2.24, 2.45) is 11.8 Å². The molecule has 2 atom stereocenters. The number of rotatable bonds is 5. The maximum atomic E-state index is 11.5. The average molecular weight is 228 g/mol. The third kappa shape index (κ3) is 3.88. The molecule has 1 rings (SSSR count). The van der Waals surface area contributed by atoms with Crippen molar-refractivity contribution in [2.45, 2.75) is 19.8 Å². The van der Waals surface area contributed by atoms with Gasteiger partial charge < -0.3 is 15.7 Å². The largest absolute Gasteiger partial charge is 0.481 e. The number of aliphatic carboxylic acids is 1. The molecule has 2 unspecified atom stereocenters. The Labute approximate surface area is 93.4 Å². The quantitative estimate of drug-likeness (QED) is 0.582. The molecular formula is C10H16N2O4. The molecule has 90 valence electrons. The Bertz CT molecular complexity index is 303. The molecule has 6 heteroatoms. The van der Waals surface area contributed by atoms with Gasteiger partial charge >= 0.3 is 5.97 Å². The van der Waals surface area contributed by atoms with E-state index in [0.29, 0.717) is 13.1 Å². The second-order valence-corrected chi connectivity index (χ2v) is 4.15. The van der Waals surface area contributed by atoms with Crippen molar-refractivity contribution in [1.29, 1.82) is 0 Å². The Balaban J connectivity index is 2.24. The highest BCUT2D eigenvalue weighted by Crippen LogP contribution is 2.09. The maximum Gasteiger partial charge on any atom is 0.303 e.